The highest BCUT2D eigenvalue weighted by atomic mass is 16.2. The third-order valence-corrected chi connectivity index (χ3v) is 6.19. The number of likely N-dealkylation sites (tertiary alicyclic amines) is 1. The van der Waals surface area contributed by atoms with Crippen LogP contribution in [0.25, 0.3) is 10.9 Å². The van der Waals surface area contributed by atoms with Crippen LogP contribution in [0.2, 0.25) is 0 Å². The van der Waals surface area contributed by atoms with E-state index in [4.69, 9.17) is 4.98 Å². The van der Waals surface area contributed by atoms with E-state index in [1.807, 2.05) is 6.07 Å². The number of hydrogen-bond acceptors (Lipinski definition) is 4. The van der Waals surface area contributed by atoms with Crippen molar-refractivity contribution in [3.63, 3.8) is 0 Å². The van der Waals surface area contributed by atoms with E-state index in [1.54, 1.807) is 0 Å². The molecular formula is C23H32N4O. The van der Waals surface area contributed by atoms with Crippen LogP contribution in [0.4, 0.5) is 5.82 Å². The number of carbonyl (C=O) groups is 1. The lowest BCUT2D eigenvalue weighted by Crippen LogP contribution is -2.52. The Morgan fingerprint density at radius 3 is 2.46 bits per heavy atom. The van der Waals surface area contributed by atoms with Gasteiger partial charge in [-0.05, 0) is 42.9 Å². The third kappa shape index (κ3) is 4.14. The first-order valence-electron chi connectivity index (χ1n) is 10.6. The molecule has 2 saturated heterocycles. The lowest BCUT2D eigenvalue weighted by atomic mass is 9.92. The molecule has 1 aromatic heterocycles. The van der Waals surface area contributed by atoms with Crippen molar-refractivity contribution in [2.45, 2.75) is 27.2 Å². The van der Waals surface area contributed by atoms with Gasteiger partial charge in [0.05, 0.1) is 12.1 Å². The topological polar surface area (TPSA) is 39.7 Å². The number of amides is 1. The molecule has 4 rings (SSSR count). The number of nitrogens with zero attached hydrogens (tertiary/aromatic N) is 4. The van der Waals surface area contributed by atoms with Gasteiger partial charge in [0.2, 0.25) is 5.91 Å². The molecule has 5 nitrogen and oxygen atoms in total. The number of aromatic nitrogens is 1. The summed E-state index contributed by atoms with van der Waals surface area (Å²) in [6.07, 6.45) is 1.24. The SMILES string of the molecule is Cc1cc(N2CCN(CC(=O)N3CC(C)CC(C)C3)CC2)nc2ccccc12. The van der Waals surface area contributed by atoms with Crippen LogP contribution in [-0.2, 0) is 4.79 Å². The zero-order valence-corrected chi connectivity index (χ0v) is 17.4. The molecule has 0 N–H and O–H groups in total. The second-order valence-electron chi connectivity index (χ2n) is 8.82. The maximum Gasteiger partial charge on any atom is 0.236 e. The van der Waals surface area contributed by atoms with Gasteiger partial charge in [0.25, 0.3) is 0 Å². The van der Waals surface area contributed by atoms with E-state index in [2.05, 4.69) is 59.7 Å². The Kier molecular flexibility index (Phi) is 5.54. The first-order valence-corrected chi connectivity index (χ1v) is 10.6. The van der Waals surface area contributed by atoms with Crippen molar-refractivity contribution in [3.8, 4) is 0 Å². The number of rotatable bonds is 3. The van der Waals surface area contributed by atoms with Crippen LogP contribution in [0.1, 0.15) is 25.8 Å². The summed E-state index contributed by atoms with van der Waals surface area (Å²) in [5.74, 6) is 2.59. The third-order valence-electron chi connectivity index (χ3n) is 6.19. The minimum atomic E-state index is 0.298. The van der Waals surface area contributed by atoms with Crippen LogP contribution in [0, 0.1) is 18.8 Å². The number of para-hydroxylation sites is 1. The minimum absolute atomic E-state index is 0.298. The summed E-state index contributed by atoms with van der Waals surface area (Å²) in [5, 5.41) is 1.22. The molecule has 2 atom stereocenters. The van der Waals surface area contributed by atoms with E-state index in [0.717, 1.165) is 50.6 Å². The Morgan fingerprint density at radius 1 is 1.07 bits per heavy atom. The molecule has 0 aliphatic carbocycles. The zero-order valence-electron chi connectivity index (χ0n) is 17.4. The van der Waals surface area contributed by atoms with Crippen LogP contribution in [0.3, 0.4) is 0 Å². The molecule has 150 valence electrons. The van der Waals surface area contributed by atoms with Crippen LogP contribution in [0.5, 0.6) is 0 Å². The molecule has 0 saturated carbocycles. The van der Waals surface area contributed by atoms with Gasteiger partial charge < -0.3 is 9.80 Å². The molecule has 0 spiro atoms. The van der Waals surface area contributed by atoms with Gasteiger partial charge in [-0.25, -0.2) is 4.98 Å². The van der Waals surface area contributed by atoms with E-state index in [-0.39, 0.29) is 0 Å². The van der Waals surface area contributed by atoms with Gasteiger partial charge in [-0.15, -0.1) is 0 Å². The zero-order chi connectivity index (χ0) is 19.7. The fraction of sp³-hybridized carbons (Fsp3) is 0.565. The molecule has 2 fully saturated rings. The van der Waals surface area contributed by atoms with Crippen molar-refractivity contribution in [1.82, 2.24) is 14.8 Å². The number of anilines is 1. The van der Waals surface area contributed by atoms with Gasteiger partial charge in [-0.3, -0.25) is 9.69 Å². The maximum atomic E-state index is 12.8. The smallest absolute Gasteiger partial charge is 0.236 e. The molecule has 5 heteroatoms. The summed E-state index contributed by atoms with van der Waals surface area (Å²) in [5.41, 5.74) is 2.33. The number of fused-ring (bicyclic) bond motifs is 1. The Labute approximate surface area is 168 Å². The van der Waals surface area contributed by atoms with Gasteiger partial charge in [-0.1, -0.05) is 32.0 Å². The van der Waals surface area contributed by atoms with Gasteiger partial charge >= 0.3 is 0 Å². The van der Waals surface area contributed by atoms with Gasteiger partial charge in [0, 0.05) is 44.7 Å². The van der Waals surface area contributed by atoms with Crippen molar-refractivity contribution < 1.29 is 4.79 Å². The molecule has 2 aliphatic rings. The Hall–Kier alpha value is -2.14. The number of piperazine rings is 1. The molecule has 2 aliphatic heterocycles. The van der Waals surface area contributed by atoms with E-state index in [9.17, 15) is 4.79 Å². The molecule has 28 heavy (non-hydrogen) atoms. The quantitative estimate of drug-likeness (QED) is 0.820. The molecule has 2 unspecified atom stereocenters. The lowest BCUT2D eigenvalue weighted by Gasteiger charge is -2.38. The van der Waals surface area contributed by atoms with Gasteiger partial charge in [0.15, 0.2) is 0 Å². The number of hydrogen-bond donors (Lipinski definition) is 0. The largest absolute Gasteiger partial charge is 0.354 e. The van der Waals surface area contributed by atoms with Gasteiger partial charge in [0.1, 0.15) is 5.82 Å². The summed E-state index contributed by atoms with van der Waals surface area (Å²) in [6, 6.07) is 10.5. The van der Waals surface area contributed by atoms with Crippen LogP contribution >= 0.6 is 0 Å². The first-order chi connectivity index (χ1) is 13.5. The van der Waals surface area contributed by atoms with E-state index >= 15 is 0 Å². The van der Waals surface area contributed by atoms with E-state index in [0.29, 0.717) is 24.3 Å². The van der Waals surface area contributed by atoms with Gasteiger partial charge in [-0.2, -0.15) is 0 Å². The number of piperidine rings is 1. The molecule has 0 radical (unpaired) electrons. The molecular weight excluding hydrogens is 348 g/mol. The highest BCUT2D eigenvalue weighted by molar-refractivity contribution is 5.84. The van der Waals surface area contributed by atoms with Crippen LogP contribution in [0.15, 0.2) is 30.3 Å². The Balaban J connectivity index is 1.35. The van der Waals surface area contributed by atoms with Crippen molar-refractivity contribution in [2.24, 2.45) is 11.8 Å². The molecule has 3 heterocycles. The summed E-state index contributed by atoms with van der Waals surface area (Å²) < 4.78 is 0. The highest BCUT2D eigenvalue weighted by Crippen LogP contribution is 2.24. The molecule has 1 aromatic carbocycles. The predicted octanol–water partition coefficient (Wildman–Crippen LogP) is 3.17. The number of benzene rings is 1. The first kappa shape index (κ1) is 19.2. The number of carbonyl (C=O) groups excluding carboxylic acids is 1. The van der Waals surface area contributed by atoms with Crippen molar-refractivity contribution >= 4 is 22.6 Å². The van der Waals surface area contributed by atoms with Crippen molar-refractivity contribution in [2.75, 3.05) is 50.7 Å². The summed E-state index contributed by atoms with van der Waals surface area (Å²) >= 11 is 0. The maximum absolute atomic E-state index is 12.8. The monoisotopic (exact) mass is 380 g/mol. The number of aryl methyl sites for hydroxylation is 1. The summed E-state index contributed by atoms with van der Waals surface area (Å²) in [6.45, 7) is 12.7. The molecule has 0 bridgehead atoms. The van der Waals surface area contributed by atoms with Crippen LogP contribution < -0.4 is 4.90 Å². The average molecular weight is 381 g/mol. The average Bonchev–Trinajstić information content (AvgIpc) is 2.68. The number of pyridine rings is 1. The Bertz CT molecular complexity index is 834. The highest BCUT2D eigenvalue weighted by Gasteiger charge is 2.27. The fourth-order valence-electron chi connectivity index (χ4n) is 4.79. The van der Waals surface area contributed by atoms with Crippen molar-refractivity contribution in [3.05, 3.63) is 35.9 Å². The second-order valence-corrected chi connectivity index (χ2v) is 8.82. The van der Waals surface area contributed by atoms with Crippen molar-refractivity contribution in [1.29, 1.82) is 0 Å². The normalized spacial score (nSPS) is 24.0. The minimum Gasteiger partial charge on any atom is -0.354 e. The lowest BCUT2D eigenvalue weighted by molar-refractivity contribution is -0.135. The predicted molar refractivity (Wildman–Crippen MR) is 115 cm³/mol. The Morgan fingerprint density at radius 2 is 1.75 bits per heavy atom. The van der Waals surface area contributed by atoms with E-state index < -0.39 is 0 Å². The summed E-state index contributed by atoms with van der Waals surface area (Å²) in [4.78, 5) is 24.4. The van der Waals surface area contributed by atoms with Crippen LogP contribution in [-0.4, -0.2) is 66.5 Å². The van der Waals surface area contributed by atoms with E-state index in [1.165, 1.54) is 17.4 Å². The second kappa shape index (κ2) is 8.08. The summed E-state index contributed by atoms with van der Waals surface area (Å²) in [7, 11) is 0. The standard InChI is InChI=1S/C23H32N4O/c1-17-12-18(2)15-27(14-17)23(28)16-25-8-10-26(11-9-25)22-13-19(3)20-6-4-5-7-21(20)24-22/h4-7,13,17-18H,8-12,14-16H2,1-3H3. The molecule has 2 aromatic rings. The molecule has 1 amide bonds. The fourth-order valence-corrected chi connectivity index (χ4v) is 4.79.